The van der Waals surface area contributed by atoms with Crippen LogP contribution in [0.5, 0.6) is 0 Å². The summed E-state index contributed by atoms with van der Waals surface area (Å²) in [6, 6.07) is 0. The molecule has 0 heterocycles. The van der Waals surface area contributed by atoms with E-state index in [1.807, 2.05) is 13.8 Å². The van der Waals surface area contributed by atoms with Crippen molar-refractivity contribution in [1.82, 2.24) is 0 Å². The summed E-state index contributed by atoms with van der Waals surface area (Å²) in [5, 5.41) is 0. The standard InChI is InChI=1S/C9H16FN/c1-3-5-6-9(10)8-11-7-4-2/h7-8H,3-6H2,1-2H3/b9-8+,11-7?. The second kappa shape index (κ2) is 7.45. The molecule has 1 nitrogen and oxygen atoms in total. The topological polar surface area (TPSA) is 12.4 Å². The van der Waals surface area contributed by atoms with Crippen molar-refractivity contribution in [2.24, 2.45) is 4.99 Å². The second-order valence-electron chi connectivity index (χ2n) is 2.42. The highest BCUT2D eigenvalue weighted by atomic mass is 19.1. The first-order valence-electron chi connectivity index (χ1n) is 4.17. The molecule has 0 aliphatic heterocycles. The second-order valence-corrected chi connectivity index (χ2v) is 2.42. The van der Waals surface area contributed by atoms with E-state index in [0.717, 1.165) is 19.3 Å². The average Bonchev–Trinajstić information content (AvgIpc) is 2.01. The van der Waals surface area contributed by atoms with Gasteiger partial charge >= 0.3 is 0 Å². The molecule has 0 atom stereocenters. The number of hydrogen-bond acceptors (Lipinski definition) is 1. The van der Waals surface area contributed by atoms with Gasteiger partial charge in [0.05, 0.1) is 6.20 Å². The lowest BCUT2D eigenvalue weighted by Gasteiger charge is -1.91. The molecule has 0 amide bonds. The summed E-state index contributed by atoms with van der Waals surface area (Å²) in [6.45, 7) is 4.02. The predicted octanol–water partition coefficient (Wildman–Crippen LogP) is 3.47. The third kappa shape index (κ3) is 7.23. The molecule has 2 heteroatoms. The van der Waals surface area contributed by atoms with Crippen LogP contribution in [0.25, 0.3) is 0 Å². The molecule has 11 heavy (non-hydrogen) atoms. The van der Waals surface area contributed by atoms with E-state index in [2.05, 4.69) is 4.99 Å². The molecule has 0 N–H and O–H groups in total. The van der Waals surface area contributed by atoms with Crippen molar-refractivity contribution in [3.05, 3.63) is 12.0 Å². The first kappa shape index (κ1) is 10.3. The third-order valence-electron chi connectivity index (χ3n) is 1.27. The van der Waals surface area contributed by atoms with Gasteiger partial charge in [-0.05, 0) is 12.8 Å². The number of nitrogens with zero attached hydrogens (tertiary/aromatic N) is 1. The van der Waals surface area contributed by atoms with Crippen LogP contribution in [0.4, 0.5) is 4.39 Å². The Hall–Kier alpha value is -0.660. The molecule has 0 aromatic heterocycles. The van der Waals surface area contributed by atoms with Gasteiger partial charge in [-0.25, -0.2) is 4.39 Å². The minimum absolute atomic E-state index is 0.114. The molecule has 0 radical (unpaired) electrons. The maximum Gasteiger partial charge on any atom is 0.118 e. The van der Waals surface area contributed by atoms with Gasteiger partial charge in [-0.15, -0.1) is 0 Å². The molecular weight excluding hydrogens is 141 g/mol. The molecule has 0 rings (SSSR count). The fraction of sp³-hybridized carbons (Fsp3) is 0.667. The van der Waals surface area contributed by atoms with Gasteiger partial charge in [-0.2, -0.15) is 0 Å². The van der Waals surface area contributed by atoms with Gasteiger partial charge in [0.2, 0.25) is 0 Å². The third-order valence-corrected chi connectivity index (χ3v) is 1.27. The zero-order valence-corrected chi connectivity index (χ0v) is 7.31. The van der Waals surface area contributed by atoms with E-state index < -0.39 is 0 Å². The van der Waals surface area contributed by atoms with Crippen LogP contribution in [0.3, 0.4) is 0 Å². The van der Waals surface area contributed by atoms with Gasteiger partial charge < -0.3 is 0 Å². The van der Waals surface area contributed by atoms with Crippen molar-refractivity contribution in [2.75, 3.05) is 0 Å². The number of unbranched alkanes of at least 4 members (excludes halogenated alkanes) is 1. The smallest absolute Gasteiger partial charge is 0.118 e. The molecular formula is C9H16FN. The highest BCUT2D eigenvalue weighted by Crippen LogP contribution is 2.07. The molecule has 0 bridgehead atoms. The quantitative estimate of drug-likeness (QED) is 0.542. The number of aliphatic imine (C=N–C) groups is 1. The van der Waals surface area contributed by atoms with Crippen molar-refractivity contribution < 1.29 is 4.39 Å². The normalized spacial score (nSPS) is 12.8. The van der Waals surface area contributed by atoms with Crippen LogP contribution in [-0.2, 0) is 0 Å². The molecule has 0 saturated carbocycles. The Morgan fingerprint density at radius 1 is 1.45 bits per heavy atom. The fourth-order valence-electron chi connectivity index (χ4n) is 0.649. The van der Waals surface area contributed by atoms with Crippen LogP contribution in [-0.4, -0.2) is 6.21 Å². The maximum absolute atomic E-state index is 12.7. The summed E-state index contributed by atoms with van der Waals surface area (Å²) in [7, 11) is 0. The molecule has 0 aliphatic rings. The molecule has 0 aromatic carbocycles. The zero-order valence-electron chi connectivity index (χ0n) is 7.31. The summed E-state index contributed by atoms with van der Waals surface area (Å²) < 4.78 is 12.7. The van der Waals surface area contributed by atoms with Crippen molar-refractivity contribution in [1.29, 1.82) is 0 Å². The molecule has 0 aliphatic carbocycles. The van der Waals surface area contributed by atoms with Crippen LogP contribution in [0.15, 0.2) is 17.0 Å². The first-order chi connectivity index (χ1) is 5.31. The Morgan fingerprint density at radius 2 is 2.18 bits per heavy atom. The lowest BCUT2D eigenvalue weighted by atomic mass is 10.2. The average molecular weight is 157 g/mol. The molecule has 0 saturated heterocycles. The van der Waals surface area contributed by atoms with Crippen LogP contribution < -0.4 is 0 Å². The van der Waals surface area contributed by atoms with E-state index in [4.69, 9.17) is 0 Å². The number of halogens is 1. The van der Waals surface area contributed by atoms with Crippen molar-refractivity contribution >= 4 is 6.21 Å². The van der Waals surface area contributed by atoms with E-state index in [-0.39, 0.29) is 5.83 Å². The Bertz CT molecular complexity index is 138. The molecule has 64 valence electrons. The maximum atomic E-state index is 12.7. The fourth-order valence-corrected chi connectivity index (χ4v) is 0.649. The van der Waals surface area contributed by atoms with Crippen molar-refractivity contribution in [2.45, 2.75) is 39.5 Å². The van der Waals surface area contributed by atoms with Crippen LogP contribution in [0, 0.1) is 0 Å². The van der Waals surface area contributed by atoms with Gasteiger partial charge in [0.25, 0.3) is 0 Å². The zero-order chi connectivity index (χ0) is 8.53. The van der Waals surface area contributed by atoms with Crippen LogP contribution in [0.2, 0.25) is 0 Å². The Labute approximate surface area is 68.0 Å². The van der Waals surface area contributed by atoms with Gasteiger partial charge in [0, 0.05) is 12.6 Å². The van der Waals surface area contributed by atoms with E-state index in [9.17, 15) is 4.39 Å². The summed E-state index contributed by atoms with van der Waals surface area (Å²) in [5.41, 5.74) is 0. The Kier molecular flexibility index (Phi) is 7.00. The van der Waals surface area contributed by atoms with Gasteiger partial charge in [0.15, 0.2) is 0 Å². The Balaban J connectivity index is 3.53. The Morgan fingerprint density at radius 3 is 2.73 bits per heavy atom. The van der Waals surface area contributed by atoms with E-state index in [0.29, 0.717) is 6.42 Å². The number of hydrogen-bond donors (Lipinski definition) is 0. The highest BCUT2D eigenvalue weighted by molar-refractivity contribution is 5.57. The molecule has 0 aromatic rings. The van der Waals surface area contributed by atoms with E-state index >= 15 is 0 Å². The largest absolute Gasteiger partial charge is 0.266 e. The van der Waals surface area contributed by atoms with Crippen LogP contribution >= 0.6 is 0 Å². The molecule has 0 fully saturated rings. The van der Waals surface area contributed by atoms with Crippen molar-refractivity contribution in [3.63, 3.8) is 0 Å². The van der Waals surface area contributed by atoms with Gasteiger partial charge in [0.1, 0.15) is 5.83 Å². The number of allylic oxidation sites excluding steroid dienone is 1. The SMILES string of the molecule is CCC=N/C=C(/F)CCCC. The minimum Gasteiger partial charge on any atom is -0.266 e. The first-order valence-corrected chi connectivity index (χ1v) is 4.17. The van der Waals surface area contributed by atoms with Crippen molar-refractivity contribution in [3.8, 4) is 0 Å². The lowest BCUT2D eigenvalue weighted by molar-refractivity contribution is 0.567. The van der Waals surface area contributed by atoms with Crippen LogP contribution in [0.1, 0.15) is 39.5 Å². The van der Waals surface area contributed by atoms with Gasteiger partial charge in [-0.1, -0.05) is 20.3 Å². The number of rotatable bonds is 5. The lowest BCUT2D eigenvalue weighted by Crippen LogP contribution is -1.74. The van der Waals surface area contributed by atoms with E-state index in [1.54, 1.807) is 6.21 Å². The summed E-state index contributed by atoms with van der Waals surface area (Å²) in [4.78, 5) is 3.78. The summed E-state index contributed by atoms with van der Waals surface area (Å²) in [6.07, 6.45) is 6.32. The summed E-state index contributed by atoms with van der Waals surface area (Å²) in [5.74, 6) is -0.114. The monoisotopic (exact) mass is 157 g/mol. The van der Waals surface area contributed by atoms with Gasteiger partial charge in [-0.3, -0.25) is 4.99 Å². The molecule has 0 spiro atoms. The minimum atomic E-state index is -0.114. The predicted molar refractivity (Wildman–Crippen MR) is 47.5 cm³/mol. The molecule has 0 unspecified atom stereocenters. The van der Waals surface area contributed by atoms with E-state index in [1.165, 1.54) is 6.20 Å². The highest BCUT2D eigenvalue weighted by Gasteiger charge is 1.90. The summed E-state index contributed by atoms with van der Waals surface area (Å²) >= 11 is 0.